The monoisotopic (exact) mass is 574 g/mol. The molecule has 2 N–H and O–H groups in total. The number of piperidine rings is 1. The average molecular weight is 575 g/mol. The smallest absolute Gasteiger partial charge is 0.418 e. The number of hydrogen-bond donors (Lipinski definition) is 1. The molecule has 0 unspecified atom stereocenters. The van der Waals surface area contributed by atoms with Crippen molar-refractivity contribution in [3.05, 3.63) is 53.6 Å². The molecule has 2 fully saturated rings. The molecule has 2 aromatic carbocycles. The molecule has 2 aliphatic rings. The van der Waals surface area contributed by atoms with Gasteiger partial charge < -0.3 is 20.3 Å². The first-order chi connectivity index (χ1) is 18.4. The summed E-state index contributed by atoms with van der Waals surface area (Å²) in [7, 11) is 0. The largest absolute Gasteiger partial charge is 0.490 e. The summed E-state index contributed by atoms with van der Waals surface area (Å²) in [4.78, 5) is 7.46. The van der Waals surface area contributed by atoms with Crippen LogP contribution in [0.25, 0.3) is 0 Å². The van der Waals surface area contributed by atoms with Crippen LogP contribution in [-0.4, -0.2) is 66.7 Å². The van der Waals surface area contributed by atoms with Crippen LogP contribution in [0.15, 0.2) is 42.5 Å². The first-order valence-electron chi connectivity index (χ1n) is 13.0. The van der Waals surface area contributed by atoms with Crippen molar-refractivity contribution in [2.45, 2.75) is 44.1 Å². The molecule has 0 aromatic heterocycles. The molecule has 0 atom stereocenters. The molecule has 0 bridgehead atoms. The van der Waals surface area contributed by atoms with E-state index >= 15 is 0 Å². The van der Waals surface area contributed by atoms with E-state index in [1.807, 2.05) is 0 Å². The molecule has 2 aromatic rings. The highest BCUT2D eigenvalue weighted by atomic mass is 32.1. The fraction of sp³-hybridized carbons (Fsp3) is 0.519. The molecular formula is C27H32F6N4OS. The summed E-state index contributed by atoms with van der Waals surface area (Å²) in [5.41, 5.74) is 4.41. The Bertz CT molecular complexity index is 1110. The number of likely N-dealkylation sites (tertiary alicyclic amines) is 1. The quantitative estimate of drug-likeness (QED) is 0.246. The van der Waals surface area contributed by atoms with Gasteiger partial charge in [-0.1, -0.05) is 12.2 Å². The summed E-state index contributed by atoms with van der Waals surface area (Å²) in [6, 6.07) is 8.94. The first kappa shape index (κ1) is 29.3. The lowest BCUT2D eigenvalue weighted by atomic mass is 10.1. The molecule has 0 radical (unpaired) electrons. The third kappa shape index (κ3) is 7.91. The fourth-order valence-corrected chi connectivity index (χ4v) is 5.30. The molecule has 2 heterocycles. The summed E-state index contributed by atoms with van der Waals surface area (Å²) >= 11 is 5.64. The van der Waals surface area contributed by atoms with Gasteiger partial charge in [0.05, 0.1) is 16.1 Å². The Morgan fingerprint density at radius 2 is 1.51 bits per heavy atom. The minimum atomic E-state index is -4.53. The number of halogens is 6. The molecule has 2 saturated heterocycles. The number of nitrogens with two attached hydrogens (primary N) is 1. The third-order valence-electron chi connectivity index (χ3n) is 7.22. The average Bonchev–Trinajstić information content (AvgIpc) is 2.89. The van der Waals surface area contributed by atoms with Gasteiger partial charge in [-0.3, -0.25) is 4.90 Å². The second-order valence-electron chi connectivity index (χ2n) is 9.92. The van der Waals surface area contributed by atoms with Crippen LogP contribution in [0.1, 0.15) is 36.8 Å². The Labute approximate surface area is 229 Å². The van der Waals surface area contributed by atoms with Crippen LogP contribution >= 0.6 is 12.2 Å². The van der Waals surface area contributed by atoms with Crippen molar-refractivity contribution in [3.63, 3.8) is 0 Å². The topological polar surface area (TPSA) is 45.0 Å². The van der Waals surface area contributed by atoms with Crippen LogP contribution in [0.5, 0.6) is 5.75 Å². The van der Waals surface area contributed by atoms with E-state index in [0.29, 0.717) is 25.9 Å². The van der Waals surface area contributed by atoms with Crippen molar-refractivity contribution < 1.29 is 31.1 Å². The van der Waals surface area contributed by atoms with E-state index in [9.17, 15) is 26.3 Å². The number of piperazine rings is 1. The second-order valence-corrected chi connectivity index (χ2v) is 10.4. The van der Waals surface area contributed by atoms with Gasteiger partial charge in [-0.2, -0.15) is 26.3 Å². The Morgan fingerprint density at radius 1 is 0.872 bits per heavy atom. The molecule has 5 nitrogen and oxygen atoms in total. The van der Waals surface area contributed by atoms with Crippen LogP contribution in [0.4, 0.5) is 37.7 Å². The van der Waals surface area contributed by atoms with Crippen molar-refractivity contribution in [2.24, 2.45) is 0 Å². The van der Waals surface area contributed by atoms with E-state index < -0.39 is 23.5 Å². The molecule has 4 rings (SSSR count). The van der Waals surface area contributed by atoms with Crippen molar-refractivity contribution >= 4 is 28.6 Å². The van der Waals surface area contributed by atoms with E-state index in [0.717, 1.165) is 74.4 Å². The molecule has 2 aliphatic heterocycles. The number of benzene rings is 2. The summed E-state index contributed by atoms with van der Waals surface area (Å²) in [5, 5.41) is 0. The zero-order valence-corrected chi connectivity index (χ0v) is 22.2. The maximum absolute atomic E-state index is 13.1. The number of rotatable bonds is 7. The lowest BCUT2D eigenvalue weighted by Crippen LogP contribution is -2.47. The summed E-state index contributed by atoms with van der Waals surface area (Å²) in [6.07, 6.45) is -6.04. The van der Waals surface area contributed by atoms with Gasteiger partial charge in [-0.25, -0.2) is 0 Å². The van der Waals surface area contributed by atoms with Crippen molar-refractivity contribution in [2.75, 3.05) is 56.4 Å². The van der Waals surface area contributed by atoms with Gasteiger partial charge in [0.25, 0.3) is 0 Å². The molecule has 0 spiro atoms. The van der Waals surface area contributed by atoms with Gasteiger partial charge in [0.1, 0.15) is 11.9 Å². The predicted molar refractivity (Wildman–Crippen MR) is 143 cm³/mol. The minimum absolute atomic E-state index is 0.163. The molecule has 12 heteroatoms. The summed E-state index contributed by atoms with van der Waals surface area (Å²) in [6.45, 7) is 5.44. The van der Waals surface area contributed by atoms with Crippen LogP contribution in [0.3, 0.4) is 0 Å². The Kier molecular flexibility index (Phi) is 9.15. The lowest BCUT2D eigenvalue weighted by Gasteiger charge is -2.37. The Hall–Kier alpha value is -2.73. The van der Waals surface area contributed by atoms with Gasteiger partial charge in [-0.15, -0.1) is 0 Å². The maximum atomic E-state index is 13.1. The van der Waals surface area contributed by atoms with Gasteiger partial charge in [-0.05, 0) is 61.9 Å². The van der Waals surface area contributed by atoms with Crippen LogP contribution < -0.4 is 15.4 Å². The number of alkyl halides is 6. The maximum Gasteiger partial charge on any atom is 0.418 e. The Balaban J connectivity index is 1.14. The third-order valence-corrected chi connectivity index (χ3v) is 7.69. The van der Waals surface area contributed by atoms with Crippen molar-refractivity contribution in [1.82, 2.24) is 9.80 Å². The highest BCUT2D eigenvalue weighted by Crippen LogP contribution is 2.36. The van der Waals surface area contributed by atoms with Gasteiger partial charge in [0.2, 0.25) is 0 Å². The molecule has 0 saturated carbocycles. The Morgan fingerprint density at radius 3 is 2.10 bits per heavy atom. The number of nitrogens with zero attached hydrogens (tertiary/aromatic N) is 3. The highest BCUT2D eigenvalue weighted by Gasteiger charge is 2.34. The molecule has 0 amide bonds. The summed E-state index contributed by atoms with van der Waals surface area (Å²) < 4.78 is 83.5. The van der Waals surface area contributed by atoms with E-state index in [1.54, 1.807) is 0 Å². The van der Waals surface area contributed by atoms with Crippen molar-refractivity contribution in [1.29, 1.82) is 0 Å². The molecule has 0 aliphatic carbocycles. The van der Waals surface area contributed by atoms with E-state index in [1.165, 1.54) is 24.3 Å². The van der Waals surface area contributed by atoms with E-state index in [-0.39, 0.29) is 17.5 Å². The normalized spacial score (nSPS) is 17.9. The highest BCUT2D eigenvalue weighted by molar-refractivity contribution is 7.80. The van der Waals surface area contributed by atoms with Gasteiger partial charge >= 0.3 is 12.4 Å². The predicted octanol–water partition coefficient (Wildman–Crippen LogP) is 6.08. The number of anilines is 2. The number of hydrogen-bond acceptors (Lipinski definition) is 5. The lowest BCUT2D eigenvalue weighted by molar-refractivity contribution is -0.138. The van der Waals surface area contributed by atoms with E-state index in [2.05, 4.69) is 14.7 Å². The fourth-order valence-electron chi connectivity index (χ4n) is 4.97. The van der Waals surface area contributed by atoms with Gasteiger partial charge in [0, 0.05) is 63.5 Å². The molecule has 214 valence electrons. The molecule has 39 heavy (non-hydrogen) atoms. The van der Waals surface area contributed by atoms with Crippen LogP contribution in [0.2, 0.25) is 0 Å². The second kappa shape index (κ2) is 12.2. The standard InChI is InChI=1S/C27H32F6N4OS/c28-26(29,30)19-3-5-20(6-4-19)36-16-14-35(15-17-36)11-1-2-25(39)37-12-9-21(10-13-37)38-22-7-8-24(34)23(18-22)27(31,32)33/h3-8,18,21H,1-2,9-17,34H2. The van der Waals surface area contributed by atoms with Gasteiger partial charge in [0.15, 0.2) is 0 Å². The van der Waals surface area contributed by atoms with E-state index in [4.69, 9.17) is 22.7 Å². The van der Waals surface area contributed by atoms with Crippen LogP contribution in [0, 0.1) is 0 Å². The number of ether oxygens (including phenoxy) is 1. The minimum Gasteiger partial charge on any atom is -0.490 e. The zero-order chi connectivity index (χ0) is 28.2. The number of nitrogen functional groups attached to an aromatic ring is 1. The first-order valence-corrected chi connectivity index (χ1v) is 13.4. The van der Waals surface area contributed by atoms with Crippen LogP contribution in [-0.2, 0) is 12.4 Å². The summed E-state index contributed by atoms with van der Waals surface area (Å²) in [5.74, 6) is 0.163. The molecular weight excluding hydrogens is 542 g/mol. The van der Waals surface area contributed by atoms with Crippen molar-refractivity contribution in [3.8, 4) is 5.75 Å². The SMILES string of the molecule is Nc1ccc(OC2CCN(C(=S)CCCN3CCN(c4ccc(C(F)(F)F)cc4)CC3)CC2)cc1C(F)(F)F. The zero-order valence-electron chi connectivity index (χ0n) is 21.4. The number of thiocarbonyl (C=S) groups is 1.